The molecule has 0 aliphatic carbocycles. The Labute approximate surface area is 253 Å². The summed E-state index contributed by atoms with van der Waals surface area (Å²) in [5, 5.41) is 3.14. The molecule has 0 aliphatic rings. The zero-order valence-electron chi connectivity index (χ0n) is 23.3. The van der Waals surface area contributed by atoms with E-state index < -0.39 is 12.8 Å². The predicted molar refractivity (Wildman–Crippen MR) is 170 cm³/mol. The normalized spacial score (nSPS) is 12.1. The van der Waals surface area contributed by atoms with E-state index in [1.54, 1.807) is 55.8 Å². The number of carbonyl (C=O) groups excluding carboxylic acids is 1. The van der Waals surface area contributed by atoms with E-state index in [-0.39, 0.29) is 5.91 Å². The van der Waals surface area contributed by atoms with Gasteiger partial charge in [-0.05, 0) is 67.6 Å². The van der Waals surface area contributed by atoms with Gasteiger partial charge in [0.15, 0.2) is 5.13 Å². The van der Waals surface area contributed by atoms with E-state index in [0.29, 0.717) is 48.4 Å². The summed E-state index contributed by atoms with van der Waals surface area (Å²) in [5.41, 5.74) is 4.84. The number of nitrogens with one attached hydrogen (secondary N) is 1. The Hall–Kier alpha value is -3.33. The quantitative estimate of drug-likeness (QED) is 0.129. The molecule has 0 atom stereocenters. The minimum Gasteiger partial charge on any atom is -0.326 e. The molecular formula is C31H32ClN4O4PS. The molecule has 0 fully saturated rings. The van der Waals surface area contributed by atoms with Crippen molar-refractivity contribution < 1.29 is 19.1 Å². The van der Waals surface area contributed by atoms with Crippen LogP contribution in [0.1, 0.15) is 50.0 Å². The van der Waals surface area contributed by atoms with Crippen molar-refractivity contribution in [3.8, 4) is 16.4 Å². The van der Waals surface area contributed by atoms with Gasteiger partial charge in [-0.15, -0.1) is 11.3 Å². The SMILES string of the molecule is CCC(CC)(c1ccc(NC(=O)CCCc2sc(-n3cnc4ccccc43)nc2-c2ccc(Cl)cc2)cc1)P(=O)(O)O. The van der Waals surface area contributed by atoms with E-state index >= 15 is 0 Å². The van der Waals surface area contributed by atoms with Gasteiger partial charge < -0.3 is 15.1 Å². The smallest absolute Gasteiger partial charge is 0.326 e. The first-order valence-corrected chi connectivity index (χ1v) is 16.6. The number of nitrogens with zero attached hydrogens (tertiary/aromatic N) is 3. The lowest BCUT2D eigenvalue weighted by Crippen LogP contribution is -2.24. The maximum atomic E-state index is 12.8. The van der Waals surface area contributed by atoms with Gasteiger partial charge in [0.05, 0.1) is 21.9 Å². The third kappa shape index (κ3) is 6.07. The van der Waals surface area contributed by atoms with Crippen LogP contribution in [0.2, 0.25) is 5.02 Å². The van der Waals surface area contributed by atoms with Gasteiger partial charge in [-0.2, -0.15) is 0 Å². The topological polar surface area (TPSA) is 117 Å². The van der Waals surface area contributed by atoms with Crippen LogP contribution in [0.15, 0.2) is 79.1 Å². The molecule has 42 heavy (non-hydrogen) atoms. The van der Waals surface area contributed by atoms with Gasteiger partial charge in [-0.1, -0.05) is 61.8 Å². The molecule has 1 amide bonds. The minimum absolute atomic E-state index is 0.131. The van der Waals surface area contributed by atoms with E-state index in [1.165, 1.54) is 0 Å². The zero-order valence-corrected chi connectivity index (χ0v) is 25.8. The first kappa shape index (κ1) is 30.1. The van der Waals surface area contributed by atoms with Crippen molar-refractivity contribution in [1.82, 2.24) is 14.5 Å². The van der Waals surface area contributed by atoms with Gasteiger partial charge in [0.25, 0.3) is 0 Å². The number of anilines is 1. The Balaban J connectivity index is 1.29. The van der Waals surface area contributed by atoms with Crippen LogP contribution in [0.5, 0.6) is 0 Å². The molecular weight excluding hydrogens is 591 g/mol. The number of imidazole rings is 1. The van der Waals surface area contributed by atoms with Crippen molar-refractivity contribution in [3.05, 3.63) is 94.6 Å². The lowest BCUT2D eigenvalue weighted by Gasteiger charge is -2.33. The monoisotopic (exact) mass is 622 g/mol. The summed E-state index contributed by atoms with van der Waals surface area (Å²) >= 11 is 7.71. The van der Waals surface area contributed by atoms with Crippen molar-refractivity contribution in [2.24, 2.45) is 0 Å². The van der Waals surface area contributed by atoms with Gasteiger partial charge in [0.1, 0.15) is 6.33 Å². The molecule has 5 rings (SSSR count). The van der Waals surface area contributed by atoms with Gasteiger partial charge >= 0.3 is 7.60 Å². The number of fused-ring (bicyclic) bond motifs is 1. The second kappa shape index (κ2) is 12.5. The van der Waals surface area contributed by atoms with Crippen molar-refractivity contribution in [3.63, 3.8) is 0 Å². The fourth-order valence-electron chi connectivity index (χ4n) is 5.29. The van der Waals surface area contributed by atoms with Crippen LogP contribution in [0, 0.1) is 0 Å². The van der Waals surface area contributed by atoms with Crippen LogP contribution in [0.25, 0.3) is 27.4 Å². The number of rotatable bonds is 11. The van der Waals surface area contributed by atoms with Crippen molar-refractivity contribution in [1.29, 1.82) is 0 Å². The lowest BCUT2D eigenvalue weighted by atomic mass is 9.92. The highest BCUT2D eigenvalue weighted by Crippen LogP contribution is 2.60. The number of hydrogen-bond acceptors (Lipinski definition) is 5. The van der Waals surface area contributed by atoms with Crippen molar-refractivity contribution >= 4 is 53.2 Å². The summed E-state index contributed by atoms with van der Waals surface area (Å²) < 4.78 is 14.3. The minimum atomic E-state index is -4.37. The van der Waals surface area contributed by atoms with E-state index in [2.05, 4.69) is 10.3 Å². The highest BCUT2D eigenvalue weighted by molar-refractivity contribution is 7.53. The highest BCUT2D eigenvalue weighted by Gasteiger charge is 2.45. The average Bonchev–Trinajstić information content (AvgIpc) is 3.59. The lowest BCUT2D eigenvalue weighted by molar-refractivity contribution is -0.116. The number of carbonyl (C=O) groups is 1. The van der Waals surface area contributed by atoms with Crippen molar-refractivity contribution in [2.75, 3.05) is 5.32 Å². The van der Waals surface area contributed by atoms with Crippen LogP contribution >= 0.6 is 30.5 Å². The molecule has 0 spiro atoms. The first-order chi connectivity index (χ1) is 20.1. The summed E-state index contributed by atoms with van der Waals surface area (Å²) in [7, 11) is -4.37. The van der Waals surface area contributed by atoms with Gasteiger partial charge in [-0.3, -0.25) is 13.9 Å². The summed E-state index contributed by atoms with van der Waals surface area (Å²) in [6, 6.07) is 22.3. The number of halogens is 1. The van der Waals surface area contributed by atoms with Gasteiger partial charge in [0, 0.05) is 27.6 Å². The molecule has 3 N–H and O–H groups in total. The molecule has 0 aliphatic heterocycles. The first-order valence-electron chi connectivity index (χ1n) is 13.8. The molecule has 218 valence electrons. The second-order valence-corrected chi connectivity index (χ2v) is 13.6. The number of aromatic nitrogens is 3. The van der Waals surface area contributed by atoms with Gasteiger partial charge in [0.2, 0.25) is 5.91 Å². The molecule has 0 unspecified atom stereocenters. The molecule has 5 aromatic rings. The molecule has 0 saturated carbocycles. The number of hydrogen-bond donors (Lipinski definition) is 3. The third-order valence-corrected chi connectivity index (χ3v) is 11.1. The summed E-state index contributed by atoms with van der Waals surface area (Å²) in [6.07, 6.45) is 3.99. The second-order valence-electron chi connectivity index (χ2n) is 10.1. The highest BCUT2D eigenvalue weighted by atomic mass is 35.5. The van der Waals surface area contributed by atoms with E-state index in [9.17, 15) is 19.1 Å². The molecule has 0 radical (unpaired) electrons. The summed E-state index contributed by atoms with van der Waals surface area (Å²) in [6.45, 7) is 3.56. The number of amides is 1. The Morgan fingerprint density at radius 3 is 2.38 bits per heavy atom. The van der Waals surface area contributed by atoms with Crippen LogP contribution in [-0.2, 0) is 20.9 Å². The fraction of sp³-hybridized carbons (Fsp3) is 0.258. The van der Waals surface area contributed by atoms with Crippen LogP contribution < -0.4 is 5.32 Å². The predicted octanol–water partition coefficient (Wildman–Crippen LogP) is 7.96. The van der Waals surface area contributed by atoms with E-state index in [1.807, 2.05) is 53.1 Å². The van der Waals surface area contributed by atoms with Crippen LogP contribution in [0.4, 0.5) is 5.69 Å². The fourth-order valence-corrected chi connectivity index (χ4v) is 7.83. The largest absolute Gasteiger partial charge is 0.335 e. The number of thiazole rings is 1. The Kier molecular flexibility index (Phi) is 8.97. The number of benzene rings is 3. The molecule has 3 aromatic carbocycles. The molecule has 11 heteroatoms. The van der Waals surface area contributed by atoms with Crippen LogP contribution in [0.3, 0.4) is 0 Å². The number of aryl methyl sites for hydroxylation is 1. The maximum absolute atomic E-state index is 12.8. The summed E-state index contributed by atoms with van der Waals surface area (Å²) in [5.74, 6) is -0.131. The average molecular weight is 623 g/mol. The maximum Gasteiger partial charge on any atom is 0.335 e. The molecule has 0 saturated heterocycles. The standard InChI is InChI=1S/C31H32ClN4O4PS/c1-3-31(4-2,41(38,39)40)22-14-18-24(19-15-22)34-28(37)11-7-10-27-29(21-12-16-23(32)17-13-21)35-30(42-27)36-20-33-25-8-5-6-9-26(25)36/h5-6,8-9,12-20H,3-4,7,10-11H2,1-2H3,(H,34,37)(H2,38,39,40). The van der Waals surface area contributed by atoms with Crippen molar-refractivity contribution in [2.45, 2.75) is 51.1 Å². The molecule has 2 aromatic heterocycles. The Morgan fingerprint density at radius 2 is 1.71 bits per heavy atom. The Morgan fingerprint density at radius 1 is 1.02 bits per heavy atom. The third-order valence-electron chi connectivity index (χ3n) is 7.70. The van der Waals surface area contributed by atoms with E-state index in [0.717, 1.165) is 32.3 Å². The molecule has 2 heterocycles. The van der Waals surface area contributed by atoms with Gasteiger partial charge in [-0.25, -0.2) is 9.97 Å². The van der Waals surface area contributed by atoms with E-state index in [4.69, 9.17) is 16.6 Å². The summed E-state index contributed by atoms with van der Waals surface area (Å²) in [4.78, 5) is 43.4. The number of para-hydroxylation sites is 2. The zero-order chi connectivity index (χ0) is 29.9. The van der Waals surface area contributed by atoms with Crippen LogP contribution in [-0.4, -0.2) is 30.2 Å². The molecule has 8 nitrogen and oxygen atoms in total. The Bertz CT molecular complexity index is 1740. The molecule has 0 bridgehead atoms.